The molecule has 142 valence electrons. The van der Waals surface area contributed by atoms with Crippen molar-refractivity contribution in [2.75, 3.05) is 21.3 Å². The second kappa shape index (κ2) is 5.89. The molecule has 2 aliphatic rings. The lowest BCUT2D eigenvalue weighted by molar-refractivity contribution is 0.00692. The summed E-state index contributed by atoms with van der Waals surface area (Å²) < 4.78 is 22.6. The number of hydrogen-bond donors (Lipinski definition) is 0. The van der Waals surface area contributed by atoms with Crippen molar-refractivity contribution in [3.63, 3.8) is 0 Å². The topological polar surface area (TPSA) is 54.0 Å². The van der Waals surface area contributed by atoms with Gasteiger partial charge in [-0.3, -0.25) is 0 Å². The van der Waals surface area contributed by atoms with Crippen molar-refractivity contribution in [2.45, 2.75) is 18.4 Å². The first-order valence-electron chi connectivity index (χ1n) is 9.22. The number of ether oxygens (including phenoxy) is 4. The normalized spacial score (nSPS) is 19.5. The van der Waals surface area contributed by atoms with Gasteiger partial charge < -0.3 is 18.9 Å². The predicted octanol–water partition coefficient (Wildman–Crippen LogP) is 4.23. The van der Waals surface area contributed by atoms with E-state index in [0.717, 1.165) is 34.1 Å². The highest BCUT2D eigenvalue weighted by atomic mass is 16.6. The van der Waals surface area contributed by atoms with Gasteiger partial charge in [0.25, 0.3) is 0 Å². The summed E-state index contributed by atoms with van der Waals surface area (Å²) in [4.78, 5) is 13.0. The van der Waals surface area contributed by atoms with Gasteiger partial charge in [0.05, 0.1) is 21.3 Å². The number of carbonyl (C=O) groups excluding carboxylic acids is 1. The van der Waals surface area contributed by atoms with Crippen molar-refractivity contribution in [3.05, 3.63) is 64.7 Å². The number of aryl methyl sites for hydroxylation is 1. The van der Waals surface area contributed by atoms with Crippen molar-refractivity contribution in [1.29, 1.82) is 0 Å². The van der Waals surface area contributed by atoms with Crippen LogP contribution >= 0.6 is 0 Å². The Balaban J connectivity index is 1.84. The van der Waals surface area contributed by atoms with E-state index >= 15 is 0 Å². The van der Waals surface area contributed by atoms with Gasteiger partial charge in [-0.05, 0) is 42.0 Å². The SMILES string of the molecule is COc1ccc2c(c1OC)C(=O)OC21CCc2ccc(OC)c3cccc1c23. The molecule has 3 aromatic rings. The molecule has 5 heteroatoms. The van der Waals surface area contributed by atoms with Gasteiger partial charge >= 0.3 is 5.97 Å². The summed E-state index contributed by atoms with van der Waals surface area (Å²) >= 11 is 0. The molecule has 0 saturated carbocycles. The van der Waals surface area contributed by atoms with Crippen LogP contribution in [0.15, 0.2) is 42.5 Å². The van der Waals surface area contributed by atoms with E-state index in [-0.39, 0.29) is 5.97 Å². The Hall–Kier alpha value is -3.21. The van der Waals surface area contributed by atoms with Crippen LogP contribution in [-0.2, 0) is 16.8 Å². The second-order valence-electron chi connectivity index (χ2n) is 7.10. The summed E-state index contributed by atoms with van der Waals surface area (Å²) in [6, 6.07) is 13.9. The maximum atomic E-state index is 13.0. The van der Waals surface area contributed by atoms with Crippen LogP contribution < -0.4 is 14.2 Å². The molecule has 0 fully saturated rings. The van der Waals surface area contributed by atoms with Gasteiger partial charge in [-0.15, -0.1) is 0 Å². The molecule has 1 heterocycles. The number of hydrogen-bond acceptors (Lipinski definition) is 5. The standard InChI is InChI=1S/C23H20O5/c1-25-17-9-7-13-11-12-23(15-6-4-5-14(17)19(13)15)16-8-10-18(26-2)21(27-3)20(16)22(24)28-23/h4-10H,11-12H2,1-3H3. The zero-order valence-electron chi connectivity index (χ0n) is 16.0. The summed E-state index contributed by atoms with van der Waals surface area (Å²) in [5.74, 6) is 1.38. The van der Waals surface area contributed by atoms with Gasteiger partial charge in [0, 0.05) is 16.5 Å². The van der Waals surface area contributed by atoms with Crippen molar-refractivity contribution in [1.82, 2.24) is 0 Å². The van der Waals surface area contributed by atoms with Crippen LogP contribution in [0.3, 0.4) is 0 Å². The molecule has 1 aliphatic heterocycles. The number of methoxy groups -OCH3 is 3. The summed E-state index contributed by atoms with van der Waals surface area (Å²) in [6.07, 6.45) is 1.48. The van der Waals surface area contributed by atoms with E-state index in [1.165, 1.54) is 12.7 Å². The first-order chi connectivity index (χ1) is 13.6. The third-order valence-corrected chi connectivity index (χ3v) is 5.94. The van der Waals surface area contributed by atoms with Crippen LogP contribution in [0.2, 0.25) is 0 Å². The van der Waals surface area contributed by atoms with E-state index < -0.39 is 5.60 Å². The van der Waals surface area contributed by atoms with E-state index in [1.54, 1.807) is 14.2 Å². The van der Waals surface area contributed by atoms with E-state index in [4.69, 9.17) is 18.9 Å². The first kappa shape index (κ1) is 16.9. The number of fused-ring (bicyclic) bond motifs is 3. The summed E-state index contributed by atoms with van der Waals surface area (Å²) in [6.45, 7) is 0. The molecule has 3 aromatic carbocycles. The van der Waals surface area contributed by atoms with Crippen LogP contribution in [0.25, 0.3) is 10.8 Å². The van der Waals surface area contributed by atoms with Gasteiger partial charge in [0.15, 0.2) is 17.1 Å². The van der Waals surface area contributed by atoms with Crippen LogP contribution in [0.4, 0.5) is 0 Å². The van der Waals surface area contributed by atoms with Crippen molar-refractivity contribution in [3.8, 4) is 17.2 Å². The van der Waals surface area contributed by atoms with E-state index in [1.807, 2.05) is 36.4 Å². The highest BCUT2D eigenvalue weighted by molar-refractivity contribution is 6.02. The van der Waals surface area contributed by atoms with Gasteiger partial charge in [-0.25, -0.2) is 4.79 Å². The zero-order chi connectivity index (χ0) is 19.5. The highest BCUT2D eigenvalue weighted by Gasteiger charge is 2.51. The molecule has 1 spiro atoms. The average Bonchev–Trinajstić information content (AvgIpc) is 3.02. The van der Waals surface area contributed by atoms with Gasteiger partial charge in [-0.2, -0.15) is 0 Å². The third-order valence-electron chi connectivity index (χ3n) is 5.94. The summed E-state index contributed by atoms with van der Waals surface area (Å²) in [5.41, 5.74) is 2.68. The maximum Gasteiger partial charge on any atom is 0.343 e. The molecule has 1 aliphatic carbocycles. The quantitative estimate of drug-likeness (QED) is 0.641. The van der Waals surface area contributed by atoms with Gasteiger partial charge in [0.2, 0.25) is 0 Å². The lowest BCUT2D eigenvalue weighted by Gasteiger charge is -2.35. The number of rotatable bonds is 3. The number of carbonyl (C=O) groups is 1. The van der Waals surface area contributed by atoms with E-state index in [0.29, 0.717) is 23.5 Å². The van der Waals surface area contributed by atoms with Crippen molar-refractivity contribution < 1.29 is 23.7 Å². The van der Waals surface area contributed by atoms with Crippen LogP contribution in [0.1, 0.15) is 33.5 Å². The Bertz CT molecular complexity index is 1130. The lowest BCUT2D eigenvalue weighted by atomic mass is 9.74. The van der Waals surface area contributed by atoms with Crippen molar-refractivity contribution >= 4 is 16.7 Å². The lowest BCUT2D eigenvalue weighted by Crippen LogP contribution is -2.31. The Kier molecular flexibility index (Phi) is 3.56. The average molecular weight is 376 g/mol. The molecule has 5 nitrogen and oxygen atoms in total. The molecule has 0 aromatic heterocycles. The molecule has 0 N–H and O–H groups in total. The number of esters is 1. The molecule has 0 bridgehead atoms. The van der Waals surface area contributed by atoms with Gasteiger partial charge in [-0.1, -0.05) is 24.3 Å². The number of benzene rings is 3. The Morgan fingerprint density at radius 3 is 2.43 bits per heavy atom. The Morgan fingerprint density at radius 1 is 0.893 bits per heavy atom. The maximum absolute atomic E-state index is 13.0. The smallest absolute Gasteiger partial charge is 0.343 e. The minimum atomic E-state index is -0.829. The van der Waals surface area contributed by atoms with E-state index in [2.05, 4.69) is 6.07 Å². The first-order valence-corrected chi connectivity index (χ1v) is 9.22. The van der Waals surface area contributed by atoms with Crippen LogP contribution in [-0.4, -0.2) is 27.3 Å². The molecule has 0 radical (unpaired) electrons. The fourth-order valence-electron chi connectivity index (χ4n) is 4.74. The molecule has 0 amide bonds. The largest absolute Gasteiger partial charge is 0.496 e. The van der Waals surface area contributed by atoms with Crippen LogP contribution in [0.5, 0.6) is 17.2 Å². The molecule has 5 rings (SSSR count). The summed E-state index contributed by atoms with van der Waals surface area (Å²) in [5, 5.41) is 2.13. The third kappa shape index (κ3) is 1.99. The fraction of sp³-hybridized carbons (Fsp3) is 0.261. The zero-order valence-corrected chi connectivity index (χ0v) is 16.0. The van der Waals surface area contributed by atoms with Crippen molar-refractivity contribution in [2.24, 2.45) is 0 Å². The predicted molar refractivity (Wildman–Crippen MR) is 105 cm³/mol. The monoisotopic (exact) mass is 376 g/mol. The summed E-state index contributed by atoms with van der Waals surface area (Å²) in [7, 11) is 4.77. The minimum Gasteiger partial charge on any atom is -0.496 e. The molecular formula is C23H20O5. The van der Waals surface area contributed by atoms with E-state index in [9.17, 15) is 4.79 Å². The Morgan fingerprint density at radius 2 is 1.68 bits per heavy atom. The minimum absolute atomic E-state index is 0.380. The van der Waals surface area contributed by atoms with Crippen LogP contribution in [0, 0.1) is 0 Å². The molecule has 1 atom stereocenters. The molecular weight excluding hydrogens is 356 g/mol. The second-order valence-corrected chi connectivity index (χ2v) is 7.10. The molecule has 1 unspecified atom stereocenters. The van der Waals surface area contributed by atoms with Gasteiger partial charge in [0.1, 0.15) is 11.3 Å². The Labute approximate surface area is 162 Å². The molecule has 0 saturated heterocycles. The highest BCUT2D eigenvalue weighted by Crippen LogP contribution is 2.54. The fourth-order valence-corrected chi connectivity index (χ4v) is 4.74. The molecule has 28 heavy (non-hydrogen) atoms.